The third kappa shape index (κ3) is 4.23. The van der Waals surface area contributed by atoms with Crippen molar-refractivity contribution in [3.8, 4) is 0 Å². The molecule has 1 aromatic heterocycles. The predicted molar refractivity (Wildman–Crippen MR) is 83.2 cm³/mol. The van der Waals surface area contributed by atoms with Gasteiger partial charge in [-0.3, -0.25) is 14.3 Å². The summed E-state index contributed by atoms with van der Waals surface area (Å²) in [7, 11) is 1.75. The van der Waals surface area contributed by atoms with Crippen LogP contribution in [0.2, 0.25) is 0 Å². The minimum absolute atomic E-state index is 0.109. The molecule has 1 aliphatic heterocycles. The zero-order chi connectivity index (χ0) is 15.2. The standard InChI is InChI=1S/C14H22N4O2S/c1-17-12(5-6-16-17)14(20)15-8-11-4-3-7-18(9-11)13(19)10-21-2/h5-6,11H,3-4,7-10H2,1-2H3,(H,15,20). The van der Waals surface area contributed by atoms with Crippen molar-refractivity contribution in [2.24, 2.45) is 13.0 Å². The SMILES string of the molecule is CSCC(=O)N1CCCC(CNC(=O)c2ccnn2C)C1. The Morgan fingerprint density at radius 2 is 2.33 bits per heavy atom. The smallest absolute Gasteiger partial charge is 0.269 e. The van der Waals surface area contributed by atoms with Crippen molar-refractivity contribution in [3.63, 3.8) is 0 Å². The largest absolute Gasteiger partial charge is 0.350 e. The fourth-order valence-electron chi connectivity index (χ4n) is 2.60. The molecule has 1 saturated heterocycles. The van der Waals surface area contributed by atoms with Gasteiger partial charge < -0.3 is 10.2 Å². The molecule has 0 saturated carbocycles. The van der Waals surface area contributed by atoms with Gasteiger partial charge in [0.05, 0.1) is 5.75 Å². The fraction of sp³-hybridized carbons (Fsp3) is 0.643. The number of hydrogen-bond acceptors (Lipinski definition) is 4. The monoisotopic (exact) mass is 310 g/mol. The van der Waals surface area contributed by atoms with Gasteiger partial charge in [0.2, 0.25) is 5.91 Å². The number of carbonyl (C=O) groups excluding carboxylic acids is 2. The summed E-state index contributed by atoms with van der Waals surface area (Å²) in [5, 5.41) is 6.93. The number of likely N-dealkylation sites (tertiary alicyclic amines) is 1. The molecule has 2 rings (SSSR count). The minimum Gasteiger partial charge on any atom is -0.350 e. The van der Waals surface area contributed by atoms with Gasteiger partial charge in [0.15, 0.2) is 0 Å². The Bertz CT molecular complexity index is 503. The Balaban J connectivity index is 1.82. The van der Waals surface area contributed by atoms with E-state index in [2.05, 4.69) is 10.4 Å². The van der Waals surface area contributed by atoms with Gasteiger partial charge in [0, 0.05) is 32.9 Å². The van der Waals surface area contributed by atoms with Gasteiger partial charge in [-0.05, 0) is 31.1 Å². The minimum atomic E-state index is -0.109. The quantitative estimate of drug-likeness (QED) is 0.871. The van der Waals surface area contributed by atoms with Crippen LogP contribution in [0.25, 0.3) is 0 Å². The molecule has 0 spiro atoms. The van der Waals surface area contributed by atoms with Gasteiger partial charge in [-0.2, -0.15) is 16.9 Å². The number of aryl methyl sites for hydroxylation is 1. The van der Waals surface area contributed by atoms with Crippen molar-refractivity contribution < 1.29 is 9.59 Å². The number of nitrogens with zero attached hydrogens (tertiary/aromatic N) is 3. The van der Waals surface area contributed by atoms with Crippen LogP contribution in [-0.2, 0) is 11.8 Å². The average Bonchev–Trinajstić information content (AvgIpc) is 2.91. The van der Waals surface area contributed by atoms with Gasteiger partial charge in [0.25, 0.3) is 5.91 Å². The molecular weight excluding hydrogens is 288 g/mol. The lowest BCUT2D eigenvalue weighted by atomic mass is 9.98. The van der Waals surface area contributed by atoms with Crippen LogP contribution < -0.4 is 5.32 Å². The molecule has 2 heterocycles. The number of nitrogens with one attached hydrogen (secondary N) is 1. The molecule has 1 atom stereocenters. The number of aromatic nitrogens is 2. The van der Waals surface area contributed by atoms with Crippen LogP contribution in [0.4, 0.5) is 0 Å². The van der Waals surface area contributed by atoms with Crippen LogP contribution in [-0.4, -0.2) is 58.1 Å². The molecule has 0 aromatic carbocycles. The van der Waals surface area contributed by atoms with Crippen molar-refractivity contribution in [1.29, 1.82) is 0 Å². The summed E-state index contributed by atoms with van der Waals surface area (Å²) in [5.74, 6) is 0.961. The molecule has 0 aliphatic carbocycles. The van der Waals surface area contributed by atoms with E-state index in [-0.39, 0.29) is 11.8 Å². The van der Waals surface area contributed by atoms with E-state index in [1.54, 1.807) is 35.8 Å². The second kappa shape index (κ2) is 7.49. The number of rotatable bonds is 5. The first-order valence-electron chi connectivity index (χ1n) is 7.14. The molecule has 7 heteroatoms. The van der Waals surface area contributed by atoms with Crippen LogP contribution in [0.5, 0.6) is 0 Å². The van der Waals surface area contributed by atoms with Gasteiger partial charge in [0.1, 0.15) is 5.69 Å². The van der Waals surface area contributed by atoms with E-state index >= 15 is 0 Å². The molecular formula is C14H22N4O2S. The molecule has 1 N–H and O–H groups in total. The molecule has 116 valence electrons. The molecule has 1 aromatic rings. The molecule has 1 aliphatic rings. The third-order valence-corrected chi connectivity index (χ3v) is 4.28. The molecule has 21 heavy (non-hydrogen) atoms. The van der Waals surface area contributed by atoms with Crippen LogP contribution >= 0.6 is 11.8 Å². The Hall–Kier alpha value is -1.50. The number of carbonyl (C=O) groups is 2. The first-order valence-corrected chi connectivity index (χ1v) is 8.54. The Labute approximate surface area is 129 Å². The summed E-state index contributed by atoms with van der Waals surface area (Å²) in [6.07, 6.45) is 5.60. The van der Waals surface area contributed by atoms with Gasteiger partial charge in [-0.25, -0.2) is 0 Å². The first-order chi connectivity index (χ1) is 10.1. The molecule has 2 amide bonds. The highest BCUT2D eigenvalue weighted by molar-refractivity contribution is 7.99. The van der Waals surface area contributed by atoms with Gasteiger partial charge in [-0.15, -0.1) is 0 Å². The van der Waals surface area contributed by atoms with E-state index in [9.17, 15) is 9.59 Å². The fourth-order valence-corrected chi connectivity index (χ4v) is 3.03. The van der Waals surface area contributed by atoms with Crippen molar-refractivity contribution >= 4 is 23.6 Å². The zero-order valence-electron chi connectivity index (χ0n) is 12.5. The summed E-state index contributed by atoms with van der Waals surface area (Å²) < 4.78 is 1.56. The molecule has 1 unspecified atom stereocenters. The van der Waals surface area contributed by atoms with E-state index in [0.29, 0.717) is 23.9 Å². The topological polar surface area (TPSA) is 67.2 Å². The normalized spacial score (nSPS) is 18.6. The van der Waals surface area contributed by atoms with Crippen molar-refractivity contribution in [1.82, 2.24) is 20.0 Å². The first kappa shape index (κ1) is 15.9. The average molecular weight is 310 g/mol. The zero-order valence-corrected chi connectivity index (χ0v) is 13.4. The summed E-state index contributed by atoms with van der Waals surface area (Å²) in [5.41, 5.74) is 0.557. The lowest BCUT2D eigenvalue weighted by Gasteiger charge is -2.32. The lowest BCUT2D eigenvalue weighted by Crippen LogP contribution is -2.44. The summed E-state index contributed by atoms with van der Waals surface area (Å²) >= 11 is 1.55. The second-order valence-corrected chi connectivity index (χ2v) is 6.20. The summed E-state index contributed by atoms with van der Waals surface area (Å²) in [4.78, 5) is 25.9. The van der Waals surface area contributed by atoms with Gasteiger partial charge >= 0.3 is 0 Å². The Kier molecular flexibility index (Phi) is 5.67. The van der Waals surface area contributed by atoms with Gasteiger partial charge in [-0.1, -0.05) is 0 Å². The van der Waals surface area contributed by atoms with Crippen molar-refractivity contribution in [2.45, 2.75) is 12.8 Å². The van der Waals surface area contributed by atoms with Crippen LogP contribution in [0.1, 0.15) is 23.3 Å². The number of piperidine rings is 1. The second-order valence-electron chi connectivity index (χ2n) is 5.33. The maximum Gasteiger partial charge on any atom is 0.269 e. The van der Waals surface area contributed by atoms with Crippen LogP contribution in [0.15, 0.2) is 12.3 Å². The Morgan fingerprint density at radius 3 is 3.00 bits per heavy atom. The van der Waals surface area contributed by atoms with Crippen LogP contribution in [0.3, 0.4) is 0 Å². The van der Waals surface area contributed by atoms with Crippen molar-refractivity contribution in [2.75, 3.05) is 31.6 Å². The molecule has 6 nitrogen and oxygen atoms in total. The molecule has 0 bridgehead atoms. The van der Waals surface area contributed by atoms with E-state index in [1.165, 1.54) is 0 Å². The highest BCUT2D eigenvalue weighted by atomic mass is 32.2. The molecule has 1 fully saturated rings. The number of hydrogen-bond donors (Lipinski definition) is 1. The number of thioether (sulfide) groups is 1. The third-order valence-electron chi connectivity index (χ3n) is 3.74. The predicted octanol–water partition coefficient (Wildman–Crippen LogP) is 0.751. The highest BCUT2D eigenvalue weighted by Gasteiger charge is 2.23. The lowest BCUT2D eigenvalue weighted by molar-refractivity contribution is -0.130. The summed E-state index contributed by atoms with van der Waals surface area (Å²) in [6, 6.07) is 1.70. The van der Waals surface area contributed by atoms with Crippen molar-refractivity contribution in [3.05, 3.63) is 18.0 Å². The highest BCUT2D eigenvalue weighted by Crippen LogP contribution is 2.16. The maximum absolute atomic E-state index is 12.0. The Morgan fingerprint density at radius 1 is 1.52 bits per heavy atom. The van der Waals surface area contributed by atoms with E-state index in [0.717, 1.165) is 25.9 Å². The van der Waals surface area contributed by atoms with Crippen LogP contribution in [0, 0.1) is 5.92 Å². The van der Waals surface area contributed by atoms with E-state index in [1.807, 2.05) is 11.2 Å². The summed E-state index contributed by atoms with van der Waals surface area (Å²) in [6.45, 7) is 2.18. The molecule has 0 radical (unpaired) electrons. The van der Waals surface area contributed by atoms with E-state index < -0.39 is 0 Å². The van der Waals surface area contributed by atoms with E-state index in [4.69, 9.17) is 0 Å². The number of amides is 2. The maximum atomic E-state index is 12.0.